The predicted octanol–water partition coefficient (Wildman–Crippen LogP) is 3.17. The number of aromatic nitrogens is 6. The van der Waals surface area contributed by atoms with Gasteiger partial charge in [-0.2, -0.15) is 8.42 Å². The second-order valence-corrected chi connectivity index (χ2v) is 11.7. The van der Waals surface area contributed by atoms with Crippen molar-refractivity contribution >= 4 is 26.9 Å². The summed E-state index contributed by atoms with van der Waals surface area (Å²) in [6.07, 6.45) is 3.46. The Morgan fingerprint density at radius 3 is 2.50 bits per heavy atom. The van der Waals surface area contributed by atoms with Gasteiger partial charge in [-0.3, -0.25) is 19.1 Å². The molecule has 3 aromatic heterocycles. The van der Waals surface area contributed by atoms with Crippen LogP contribution in [0.1, 0.15) is 41.5 Å². The molecule has 6 rings (SSSR count). The molecule has 0 radical (unpaired) electrons. The fraction of sp³-hybridized carbons (Fsp3) is 0.259. The average Bonchev–Trinajstić information content (AvgIpc) is 3.44. The molecule has 1 atom stereocenters. The molecule has 0 amide bonds. The molecule has 0 saturated heterocycles. The zero-order chi connectivity index (χ0) is 28.0. The molecular formula is C27H26FN7O4S. The number of H-pyrrole nitrogens is 3. The van der Waals surface area contributed by atoms with E-state index in [0.717, 1.165) is 12.8 Å². The topological polar surface area (TPSA) is 158 Å². The first-order valence-corrected chi connectivity index (χ1v) is 14.3. The number of hydrogen-bond donors (Lipinski definition) is 4. The van der Waals surface area contributed by atoms with Crippen LogP contribution in [0.5, 0.6) is 0 Å². The summed E-state index contributed by atoms with van der Waals surface area (Å²) >= 11 is 0. The molecule has 1 aliphatic rings. The third-order valence-corrected chi connectivity index (χ3v) is 8.33. The van der Waals surface area contributed by atoms with Gasteiger partial charge in [-0.1, -0.05) is 30.3 Å². The lowest BCUT2D eigenvalue weighted by Crippen LogP contribution is -2.30. The first-order chi connectivity index (χ1) is 19.2. The van der Waals surface area contributed by atoms with Crippen molar-refractivity contribution in [3.05, 3.63) is 104 Å². The number of hydrogen-bond acceptors (Lipinski definition) is 6. The highest BCUT2D eigenvalue weighted by Gasteiger charge is 2.27. The SMILES string of the molecule is Cc1ncc(S(=O)(=O)Nc2ccc(C(Cc3ccccc3F)c3nc4c([nH]3)c(=O)[nH]c(=O)n4CC3CC3)cc2)[nH]1. The number of nitrogens with one attached hydrogen (secondary N) is 4. The van der Waals surface area contributed by atoms with E-state index in [1.165, 1.54) is 16.8 Å². The Bertz CT molecular complexity index is 1940. The van der Waals surface area contributed by atoms with Gasteiger partial charge in [0.1, 0.15) is 23.0 Å². The Balaban J connectivity index is 1.39. The molecule has 206 valence electrons. The highest BCUT2D eigenvalue weighted by molar-refractivity contribution is 7.92. The molecule has 4 N–H and O–H groups in total. The van der Waals surface area contributed by atoms with Gasteiger partial charge in [-0.25, -0.2) is 19.2 Å². The molecule has 1 fully saturated rings. The summed E-state index contributed by atoms with van der Waals surface area (Å²) in [4.78, 5) is 42.0. The number of imidazole rings is 2. The average molecular weight is 564 g/mol. The maximum Gasteiger partial charge on any atom is 0.330 e. The summed E-state index contributed by atoms with van der Waals surface area (Å²) < 4.78 is 44.1. The van der Waals surface area contributed by atoms with Crippen molar-refractivity contribution in [2.45, 2.75) is 43.7 Å². The number of benzene rings is 2. The van der Waals surface area contributed by atoms with Crippen LogP contribution in [-0.4, -0.2) is 37.9 Å². The minimum atomic E-state index is -3.87. The van der Waals surface area contributed by atoms with E-state index in [9.17, 15) is 22.4 Å². The summed E-state index contributed by atoms with van der Waals surface area (Å²) in [5.41, 5.74) is 0.805. The van der Waals surface area contributed by atoms with Crippen LogP contribution in [0.15, 0.2) is 69.3 Å². The van der Waals surface area contributed by atoms with Gasteiger partial charge in [-0.05, 0) is 61.4 Å². The second kappa shape index (κ2) is 9.90. The molecule has 3 heterocycles. The van der Waals surface area contributed by atoms with Gasteiger partial charge in [0.05, 0.1) is 6.20 Å². The summed E-state index contributed by atoms with van der Waals surface area (Å²) in [7, 11) is -3.87. The van der Waals surface area contributed by atoms with Crippen LogP contribution in [0.2, 0.25) is 0 Å². The van der Waals surface area contributed by atoms with E-state index in [4.69, 9.17) is 0 Å². The quantitative estimate of drug-likeness (QED) is 0.216. The first-order valence-electron chi connectivity index (χ1n) is 12.8. The van der Waals surface area contributed by atoms with Crippen molar-refractivity contribution in [1.29, 1.82) is 0 Å². The third kappa shape index (κ3) is 5.07. The summed E-state index contributed by atoms with van der Waals surface area (Å²) in [5.74, 6) is 0.308. The van der Waals surface area contributed by atoms with Gasteiger partial charge >= 0.3 is 5.69 Å². The van der Waals surface area contributed by atoms with Crippen LogP contribution in [0.3, 0.4) is 0 Å². The zero-order valence-electron chi connectivity index (χ0n) is 21.4. The smallest absolute Gasteiger partial charge is 0.330 e. The van der Waals surface area contributed by atoms with Crippen molar-refractivity contribution < 1.29 is 12.8 Å². The van der Waals surface area contributed by atoms with Crippen LogP contribution in [-0.2, 0) is 23.0 Å². The Hall–Kier alpha value is -4.52. The second-order valence-electron chi connectivity index (χ2n) is 10.0. The van der Waals surface area contributed by atoms with E-state index >= 15 is 0 Å². The largest absolute Gasteiger partial charge is 0.336 e. The monoisotopic (exact) mass is 563 g/mol. The number of aryl methyl sites for hydroxylation is 1. The van der Waals surface area contributed by atoms with Crippen LogP contribution < -0.4 is 16.0 Å². The van der Waals surface area contributed by atoms with Crippen molar-refractivity contribution in [2.24, 2.45) is 5.92 Å². The maximum atomic E-state index is 14.7. The summed E-state index contributed by atoms with van der Waals surface area (Å²) in [6.45, 7) is 2.11. The Morgan fingerprint density at radius 1 is 1.07 bits per heavy atom. The van der Waals surface area contributed by atoms with Crippen LogP contribution >= 0.6 is 0 Å². The molecule has 11 nitrogen and oxygen atoms in total. The third-order valence-electron chi connectivity index (χ3n) is 7.04. The van der Waals surface area contributed by atoms with Gasteiger partial charge in [0.15, 0.2) is 10.7 Å². The minimum absolute atomic E-state index is 0.0590. The minimum Gasteiger partial charge on any atom is -0.336 e. The molecule has 0 aliphatic heterocycles. The normalized spacial score (nSPS) is 14.4. The summed E-state index contributed by atoms with van der Waals surface area (Å²) in [5, 5.41) is -0.0590. The van der Waals surface area contributed by atoms with Crippen LogP contribution in [0.4, 0.5) is 10.1 Å². The summed E-state index contributed by atoms with van der Waals surface area (Å²) in [6, 6.07) is 13.0. The number of aromatic amines is 3. The lowest BCUT2D eigenvalue weighted by Gasteiger charge is -2.17. The molecule has 1 unspecified atom stereocenters. The maximum absolute atomic E-state index is 14.7. The fourth-order valence-corrected chi connectivity index (χ4v) is 5.77. The van der Waals surface area contributed by atoms with Crippen molar-refractivity contribution in [2.75, 3.05) is 4.72 Å². The number of halogens is 1. The van der Waals surface area contributed by atoms with Crippen molar-refractivity contribution in [3.8, 4) is 0 Å². The van der Waals surface area contributed by atoms with E-state index < -0.39 is 27.2 Å². The van der Waals surface area contributed by atoms with Gasteiger partial charge in [0, 0.05) is 18.2 Å². The highest BCUT2D eigenvalue weighted by Crippen LogP contribution is 2.32. The number of fused-ring (bicyclic) bond motifs is 1. The zero-order valence-corrected chi connectivity index (χ0v) is 22.3. The highest BCUT2D eigenvalue weighted by atomic mass is 32.2. The Kier molecular flexibility index (Phi) is 6.37. The van der Waals surface area contributed by atoms with Gasteiger partial charge < -0.3 is 9.97 Å². The molecule has 0 bridgehead atoms. The first kappa shape index (κ1) is 25.7. The van der Waals surface area contributed by atoms with Gasteiger partial charge in [-0.15, -0.1) is 0 Å². The van der Waals surface area contributed by atoms with E-state index in [-0.39, 0.29) is 28.4 Å². The van der Waals surface area contributed by atoms with Crippen LogP contribution in [0.25, 0.3) is 11.2 Å². The van der Waals surface area contributed by atoms with Crippen molar-refractivity contribution in [1.82, 2.24) is 29.5 Å². The fourth-order valence-electron chi connectivity index (χ4n) is 4.74. The standard InChI is InChI=1S/C27H26FN7O4S/c1-15-29-13-22(30-15)40(38,39)34-19-10-8-17(9-11-19)20(12-18-4-2-3-5-21(18)28)24-31-23-25(32-24)35(14-16-6-7-16)27(37)33-26(23)36/h2-5,8-11,13,16,20,34H,6-7,12,14H2,1H3,(H,29,30)(H,31,32)(H,33,36,37). The predicted molar refractivity (Wildman–Crippen MR) is 146 cm³/mol. The molecule has 5 aromatic rings. The van der Waals surface area contributed by atoms with Gasteiger partial charge in [0.25, 0.3) is 15.6 Å². The van der Waals surface area contributed by atoms with E-state index in [0.29, 0.717) is 40.9 Å². The van der Waals surface area contributed by atoms with E-state index in [1.807, 2.05) is 0 Å². The number of sulfonamides is 1. The molecule has 0 spiro atoms. The lowest BCUT2D eigenvalue weighted by molar-refractivity contribution is 0.596. The van der Waals surface area contributed by atoms with Gasteiger partial charge in [0.2, 0.25) is 0 Å². The Morgan fingerprint density at radius 2 is 1.82 bits per heavy atom. The Labute approximate surface area is 227 Å². The van der Waals surface area contributed by atoms with E-state index in [2.05, 4.69) is 29.6 Å². The number of anilines is 1. The lowest BCUT2D eigenvalue weighted by atomic mass is 9.91. The van der Waals surface area contributed by atoms with Crippen LogP contribution in [0, 0.1) is 18.7 Å². The van der Waals surface area contributed by atoms with Crippen molar-refractivity contribution in [3.63, 3.8) is 0 Å². The molecule has 1 saturated carbocycles. The molecule has 1 aliphatic carbocycles. The van der Waals surface area contributed by atoms with E-state index in [1.54, 1.807) is 49.4 Å². The molecule has 40 heavy (non-hydrogen) atoms. The molecule has 13 heteroatoms. The number of rotatable bonds is 9. The molecule has 2 aromatic carbocycles. The number of nitrogens with zero attached hydrogens (tertiary/aromatic N) is 3. The molecular weight excluding hydrogens is 537 g/mol.